The summed E-state index contributed by atoms with van der Waals surface area (Å²) in [6.45, 7) is 3.79. The van der Waals surface area contributed by atoms with Crippen molar-refractivity contribution in [3.05, 3.63) is 34.9 Å². The number of likely N-dealkylation sites (tertiary alicyclic amines) is 1. The highest BCUT2D eigenvalue weighted by Gasteiger charge is 2.56. The highest BCUT2D eigenvalue weighted by molar-refractivity contribution is 6.31. The number of hydrogen-bond acceptors (Lipinski definition) is 4. The van der Waals surface area contributed by atoms with Gasteiger partial charge in [-0.15, -0.1) is 0 Å². The molecule has 2 N–H and O–H groups in total. The van der Waals surface area contributed by atoms with Crippen molar-refractivity contribution in [3.8, 4) is 0 Å². The third-order valence-electron chi connectivity index (χ3n) is 6.33. The van der Waals surface area contributed by atoms with Crippen LogP contribution in [0, 0.1) is 5.92 Å². The van der Waals surface area contributed by atoms with Crippen LogP contribution in [0.2, 0.25) is 5.02 Å². The van der Waals surface area contributed by atoms with E-state index < -0.39 is 11.6 Å². The van der Waals surface area contributed by atoms with Gasteiger partial charge in [-0.1, -0.05) is 29.8 Å². The second-order valence-corrected chi connectivity index (χ2v) is 8.79. The smallest absolute Gasteiger partial charge is 0.325 e. The molecule has 3 fully saturated rings. The van der Waals surface area contributed by atoms with Crippen LogP contribution in [0.25, 0.3) is 0 Å². The van der Waals surface area contributed by atoms with Gasteiger partial charge in [0.25, 0.3) is 5.91 Å². The van der Waals surface area contributed by atoms with Gasteiger partial charge in [0.2, 0.25) is 5.91 Å². The van der Waals surface area contributed by atoms with Gasteiger partial charge in [0.1, 0.15) is 12.1 Å². The number of nitrogens with one attached hydrogen (secondary N) is 2. The number of carbonyl (C=O) groups excluding carboxylic acids is 3. The summed E-state index contributed by atoms with van der Waals surface area (Å²) in [5, 5.41) is 6.36. The number of carbonyl (C=O) groups is 3. The van der Waals surface area contributed by atoms with E-state index in [1.165, 1.54) is 0 Å². The maximum Gasteiger partial charge on any atom is 0.325 e. The Bertz CT molecular complexity index is 822. The standard InChI is InChI=1S/C21H27ClN4O3/c1-21(14-8-9-14)19(28)26(20(29)24-21)13-18(27)23-12-17(25-10-4-5-11-25)15-6-2-3-7-16(15)22/h2-3,6-7,14,17H,4-5,8-13H2,1H3,(H,23,27)(H,24,29)/t17-,21-/m1/s1. The molecule has 2 heterocycles. The maximum atomic E-state index is 12.7. The molecule has 8 heteroatoms. The second kappa shape index (κ2) is 7.95. The number of amides is 4. The molecule has 29 heavy (non-hydrogen) atoms. The van der Waals surface area contributed by atoms with Crippen LogP contribution >= 0.6 is 11.6 Å². The Labute approximate surface area is 175 Å². The van der Waals surface area contributed by atoms with Gasteiger partial charge in [0.15, 0.2) is 0 Å². The quantitative estimate of drug-likeness (QED) is 0.666. The fourth-order valence-corrected chi connectivity index (χ4v) is 4.70. The van der Waals surface area contributed by atoms with Gasteiger partial charge in [-0.2, -0.15) is 0 Å². The molecule has 0 spiro atoms. The third-order valence-corrected chi connectivity index (χ3v) is 6.68. The molecule has 1 aromatic carbocycles. The summed E-state index contributed by atoms with van der Waals surface area (Å²) in [6.07, 6.45) is 4.10. The predicted molar refractivity (Wildman–Crippen MR) is 109 cm³/mol. The number of benzene rings is 1. The molecular formula is C21H27ClN4O3. The number of hydrogen-bond donors (Lipinski definition) is 2. The average molecular weight is 419 g/mol. The van der Waals surface area contributed by atoms with Crippen molar-refractivity contribution in [3.63, 3.8) is 0 Å². The fraction of sp³-hybridized carbons (Fsp3) is 0.571. The number of nitrogens with zero attached hydrogens (tertiary/aromatic N) is 2. The van der Waals surface area contributed by atoms with E-state index in [1.807, 2.05) is 24.3 Å². The van der Waals surface area contributed by atoms with E-state index in [4.69, 9.17) is 11.6 Å². The molecule has 1 saturated carbocycles. The Hall–Kier alpha value is -2.12. The molecule has 2 atom stereocenters. The first-order chi connectivity index (χ1) is 13.9. The molecule has 0 bridgehead atoms. The molecule has 0 radical (unpaired) electrons. The van der Waals surface area contributed by atoms with Gasteiger partial charge in [0.05, 0.1) is 6.04 Å². The summed E-state index contributed by atoms with van der Waals surface area (Å²) in [5.41, 5.74) is 0.111. The van der Waals surface area contributed by atoms with Crippen LogP contribution in [0.4, 0.5) is 4.79 Å². The van der Waals surface area contributed by atoms with Gasteiger partial charge in [-0.25, -0.2) is 4.79 Å². The lowest BCUT2D eigenvalue weighted by Gasteiger charge is -2.29. The van der Waals surface area contributed by atoms with Crippen molar-refractivity contribution in [1.82, 2.24) is 20.4 Å². The Morgan fingerprint density at radius 2 is 1.97 bits per heavy atom. The minimum atomic E-state index is -0.868. The first-order valence-electron chi connectivity index (χ1n) is 10.3. The average Bonchev–Trinajstić information content (AvgIpc) is 3.38. The molecule has 2 saturated heterocycles. The van der Waals surface area contributed by atoms with Crippen LogP contribution in [-0.4, -0.2) is 59.4 Å². The van der Waals surface area contributed by atoms with E-state index in [9.17, 15) is 14.4 Å². The van der Waals surface area contributed by atoms with E-state index in [-0.39, 0.29) is 30.3 Å². The Morgan fingerprint density at radius 3 is 2.62 bits per heavy atom. The van der Waals surface area contributed by atoms with E-state index in [2.05, 4.69) is 15.5 Å². The zero-order chi connectivity index (χ0) is 20.6. The second-order valence-electron chi connectivity index (χ2n) is 8.38. The molecule has 3 aliphatic rings. The summed E-state index contributed by atoms with van der Waals surface area (Å²) in [7, 11) is 0. The lowest BCUT2D eigenvalue weighted by molar-refractivity contribution is -0.135. The largest absolute Gasteiger partial charge is 0.353 e. The van der Waals surface area contributed by atoms with Gasteiger partial charge >= 0.3 is 6.03 Å². The number of halogens is 1. The van der Waals surface area contributed by atoms with Crippen molar-refractivity contribution in [2.75, 3.05) is 26.2 Å². The molecule has 1 aromatic rings. The van der Waals surface area contributed by atoms with Crippen molar-refractivity contribution in [2.45, 2.75) is 44.2 Å². The SMILES string of the molecule is C[C@]1(C2CC2)NC(=O)N(CC(=O)NC[C@H](c2ccccc2Cl)N2CCCC2)C1=O. The number of rotatable bonds is 7. The molecule has 2 aliphatic heterocycles. The van der Waals surface area contributed by atoms with Crippen molar-refractivity contribution < 1.29 is 14.4 Å². The van der Waals surface area contributed by atoms with Crippen molar-refractivity contribution >= 4 is 29.4 Å². The van der Waals surface area contributed by atoms with Crippen LogP contribution in [0.1, 0.15) is 44.2 Å². The summed E-state index contributed by atoms with van der Waals surface area (Å²) in [5.74, 6) is -0.473. The fourth-order valence-electron chi connectivity index (χ4n) is 4.44. The van der Waals surface area contributed by atoms with Crippen LogP contribution in [0.5, 0.6) is 0 Å². The van der Waals surface area contributed by atoms with Crippen molar-refractivity contribution in [2.24, 2.45) is 5.92 Å². The van der Waals surface area contributed by atoms with Gasteiger partial charge in [0, 0.05) is 11.6 Å². The zero-order valence-electron chi connectivity index (χ0n) is 16.6. The predicted octanol–water partition coefficient (Wildman–Crippen LogP) is 2.31. The molecule has 4 amide bonds. The van der Waals surface area contributed by atoms with Gasteiger partial charge < -0.3 is 10.6 Å². The Kier molecular flexibility index (Phi) is 5.53. The minimum Gasteiger partial charge on any atom is -0.353 e. The molecule has 7 nitrogen and oxygen atoms in total. The number of urea groups is 1. The molecule has 0 aromatic heterocycles. The highest BCUT2D eigenvalue weighted by Crippen LogP contribution is 2.42. The Morgan fingerprint density at radius 1 is 1.28 bits per heavy atom. The summed E-state index contributed by atoms with van der Waals surface area (Å²) in [4.78, 5) is 40.9. The van der Waals surface area contributed by atoms with E-state index >= 15 is 0 Å². The summed E-state index contributed by atoms with van der Waals surface area (Å²) in [6, 6.07) is 7.15. The monoisotopic (exact) mass is 418 g/mol. The van der Waals surface area contributed by atoms with Crippen LogP contribution < -0.4 is 10.6 Å². The lowest BCUT2D eigenvalue weighted by Crippen LogP contribution is -2.47. The maximum absolute atomic E-state index is 12.7. The summed E-state index contributed by atoms with van der Waals surface area (Å²) >= 11 is 6.41. The Balaban J connectivity index is 1.40. The molecule has 156 valence electrons. The summed E-state index contributed by atoms with van der Waals surface area (Å²) < 4.78 is 0. The number of imide groups is 1. The van der Waals surface area contributed by atoms with Gasteiger partial charge in [-0.3, -0.25) is 19.4 Å². The van der Waals surface area contributed by atoms with Crippen LogP contribution in [-0.2, 0) is 9.59 Å². The molecular weight excluding hydrogens is 392 g/mol. The lowest BCUT2D eigenvalue weighted by atomic mass is 9.96. The highest BCUT2D eigenvalue weighted by atomic mass is 35.5. The zero-order valence-corrected chi connectivity index (χ0v) is 17.4. The molecule has 4 rings (SSSR count). The van der Waals surface area contributed by atoms with Crippen molar-refractivity contribution in [1.29, 1.82) is 0 Å². The molecule has 0 unspecified atom stereocenters. The van der Waals surface area contributed by atoms with Crippen LogP contribution in [0.15, 0.2) is 24.3 Å². The first kappa shape index (κ1) is 20.2. The van der Waals surface area contributed by atoms with E-state index in [0.717, 1.165) is 49.2 Å². The topological polar surface area (TPSA) is 81.8 Å². The minimum absolute atomic E-state index is 0.0324. The third kappa shape index (κ3) is 3.98. The van der Waals surface area contributed by atoms with Gasteiger partial charge in [-0.05, 0) is 63.2 Å². The van der Waals surface area contributed by atoms with E-state index in [0.29, 0.717) is 11.6 Å². The van der Waals surface area contributed by atoms with Crippen LogP contribution in [0.3, 0.4) is 0 Å². The van der Waals surface area contributed by atoms with E-state index in [1.54, 1.807) is 6.92 Å². The normalized spacial score (nSPS) is 25.9. The first-order valence-corrected chi connectivity index (χ1v) is 10.7. The molecule has 1 aliphatic carbocycles.